The van der Waals surface area contributed by atoms with Crippen LogP contribution in [0.5, 0.6) is 11.6 Å². The van der Waals surface area contributed by atoms with Crippen LogP contribution in [-0.2, 0) is 4.79 Å². The second kappa shape index (κ2) is 11.5. The third-order valence-corrected chi connectivity index (χ3v) is 6.05. The van der Waals surface area contributed by atoms with Crippen LogP contribution < -0.4 is 15.4 Å². The number of amides is 1. The Labute approximate surface area is 214 Å². The van der Waals surface area contributed by atoms with Gasteiger partial charge >= 0.3 is 0 Å². The van der Waals surface area contributed by atoms with E-state index in [-0.39, 0.29) is 24.2 Å². The maximum atomic E-state index is 12.4. The van der Waals surface area contributed by atoms with Crippen LogP contribution in [0.3, 0.4) is 0 Å². The highest BCUT2D eigenvalue weighted by atomic mass is 16.6. The zero-order chi connectivity index (χ0) is 26.4. The molecule has 1 fully saturated rings. The van der Waals surface area contributed by atoms with Crippen molar-refractivity contribution >= 4 is 23.2 Å². The number of piperidine rings is 1. The summed E-state index contributed by atoms with van der Waals surface area (Å²) in [6.07, 6.45) is 3.23. The monoisotopic (exact) mass is 501 g/mol. The van der Waals surface area contributed by atoms with Gasteiger partial charge in [-0.15, -0.1) is 0 Å². The van der Waals surface area contributed by atoms with Gasteiger partial charge in [0.05, 0.1) is 23.1 Å². The number of anilines is 2. The summed E-state index contributed by atoms with van der Waals surface area (Å²) in [5, 5.41) is 26.1. The van der Waals surface area contributed by atoms with E-state index in [1.807, 2.05) is 18.7 Å². The van der Waals surface area contributed by atoms with Crippen molar-refractivity contribution in [3.8, 4) is 17.7 Å². The number of nitro benzene ring substituents is 1. The molecule has 1 aromatic heterocycles. The molecule has 0 aliphatic carbocycles. The summed E-state index contributed by atoms with van der Waals surface area (Å²) in [6, 6.07) is 13.4. The summed E-state index contributed by atoms with van der Waals surface area (Å²) in [4.78, 5) is 33.7. The van der Waals surface area contributed by atoms with Crippen LogP contribution in [0, 0.1) is 35.3 Å². The van der Waals surface area contributed by atoms with E-state index in [9.17, 15) is 14.9 Å². The van der Waals surface area contributed by atoms with Gasteiger partial charge in [0.2, 0.25) is 17.7 Å². The topological polar surface area (TPSA) is 146 Å². The van der Waals surface area contributed by atoms with E-state index in [1.54, 1.807) is 36.5 Å². The quantitative estimate of drug-likeness (QED) is 0.343. The number of aromatic nitrogens is 2. The Morgan fingerprint density at radius 2 is 1.95 bits per heavy atom. The lowest BCUT2D eigenvalue weighted by atomic mass is 10.1. The van der Waals surface area contributed by atoms with Gasteiger partial charge in [0.15, 0.2) is 0 Å². The Hall–Kier alpha value is -4.56. The van der Waals surface area contributed by atoms with Gasteiger partial charge < -0.3 is 15.4 Å². The summed E-state index contributed by atoms with van der Waals surface area (Å²) in [5.74, 6) is 1.32. The van der Waals surface area contributed by atoms with Crippen LogP contribution in [0.25, 0.3) is 0 Å². The van der Waals surface area contributed by atoms with Crippen LogP contribution in [0.1, 0.15) is 29.5 Å². The van der Waals surface area contributed by atoms with Gasteiger partial charge in [-0.1, -0.05) is 6.07 Å². The van der Waals surface area contributed by atoms with Gasteiger partial charge in [0.1, 0.15) is 5.75 Å². The van der Waals surface area contributed by atoms with E-state index in [4.69, 9.17) is 10.00 Å². The van der Waals surface area contributed by atoms with Crippen molar-refractivity contribution in [3.63, 3.8) is 0 Å². The number of hydrogen-bond donors (Lipinski definition) is 2. The van der Waals surface area contributed by atoms with Crippen LogP contribution in [0.2, 0.25) is 0 Å². The van der Waals surface area contributed by atoms with Crippen molar-refractivity contribution < 1.29 is 14.5 Å². The number of likely N-dealkylation sites (tertiary alicyclic amines) is 1. The Kier molecular flexibility index (Phi) is 7.90. The van der Waals surface area contributed by atoms with E-state index >= 15 is 0 Å². The van der Waals surface area contributed by atoms with Crippen molar-refractivity contribution in [1.29, 1.82) is 5.26 Å². The number of carbonyl (C=O) groups is 1. The van der Waals surface area contributed by atoms with Crippen molar-refractivity contribution in [2.75, 3.05) is 30.3 Å². The number of carbonyl (C=O) groups excluding carboxylic acids is 1. The largest absolute Gasteiger partial charge is 0.438 e. The standard InChI is InChI=1S/C26H27N7O4/c1-17-12-19(15-27)13-18(2)25(17)37-24-6-9-28-26(31-24)30-20-7-10-32(11-8-20)16-23(34)29-21-4-3-5-22(14-21)33(35)36/h3-6,9,12-14,20H,7-8,10-11,16H2,1-2H3,(H,29,34)(H,28,30,31). The Bertz CT molecular complexity index is 1320. The summed E-state index contributed by atoms with van der Waals surface area (Å²) in [7, 11) is 0. The molecule has 2 heterocycles. The number of ether oxygens (including phenoxy) is 1. The zero-order valence-electron chi connectivity index (χ0n) is 20.6. The molecule has 4 rings (SSSR count). The molecule has 0 radical (unpaired) electrons. The molecule has 0 atom stereocenters. The normalized spacial score (nSPS) is 14.0. The molecule has 0 bridgehead atoms. The van der Waals surface area contributed by atoms with Gasteiger partial charge in [-0.3, -0.25) is 19.8 Å². The maximum Gasteiger partial charge on any atom is 0.271 e. The maximum absolute atomic E-state index is 12.4. The lowest BCUT2D eigenvalue weighted by Gasteiger charge is -2.31. The van der Waals surface area contributed by atoms with Gasteiger partial charge in [-0.05, 0) is 56.0 Å². The molecule has 1 amide bonds. The van der Waals surface area contributed by atoms with E-state index < -0.39 is 4.92 Å². The number of aryl methyl sites for hydroxylation is 2. The first-order valence-corrected chi connectivity index (χ1v) is 11.9. The summed E-state index contributed by atoms with van der Waals surface area (Å²) >= 11 is 0. The van der Waals surface area contributed by atoms with Gasteiger partial charge in [-0.2, -0.15) is 10.2 Å². The minimum atomic E-state index is -0.492. The number of nitrogens with zero attached hydrogens (tertiary/aromatic N) is 5. The number of benzene rings is 2. The van der Waals surface area contributed by atoms with Crippen LogP contribution in [0.4, 0.5) is 17.3 Å². The van der Waals surface area contributed by atoms with E-state index in [2.05, 4.69) is 26.7 Å². The fourth-order valence-corrected chi connectivity index (χ4v) is 4.27. The first kappa shape index (κ1) is 25.5. The predicted octanol–water partition coefficient (Wildman–Crippen LogP) is 4.18. The molecule has 2 aromatic carbocycles. The number of nitrogens with one attached hydrogen (secondary N) is 2. The molecule has 11 heteroatoms. The summed E-state index contributed by atoms with van der Waals surface area (Å²) in [5.41, 5.74) is 2.63. The molecule has 0 saturated carbocycles. The van der Waals surface area contributed by atoms with Crippen molar-refractivity contribution in [2.45, 2.75) is 32.7 Å². The highest BCUT2D eigenvalue weighted by molar-refractivity contribution is 5.92. The van der Waals surface area contributed by atoms with Crippen LogP contribution in [0.15, 0.2) is 48.7 Å². The predicted molar refractivity (Wildman–Crippen MR) is 138 cm³/mol. The average Bonchev–Trinajstić information content (AvgIpc) is 2.87. The molecular formula is C26H27N7O4. The van der Waals surface area contributed by atoms with Gasteiger partial charge in [0, 0.05) is 49.2 Å². The molecule has 1 saturated heterocycles. The molecule has 11 nitrogen and oxygen atoms in total. The van der Waals surface area contributed by atoms with Gasteiger partial charge in [-0.25, -0.2) is 4.98 Å². The average molecular weight is 502 g/mol. The summed E-state index contributed by atoms with van der Waals surface area (Å²) in [6.45, 7) is 5.40. The first-order valence-electron chi connectivity index (χ1n) is 11.9. The van der Waals surface area contributed by atoms with Gasteiger partial charge in [0.25, 0.3) is 5.69 Å². The fourth-order valence-electron chi connectivity index (χ4n) is 4.27. The van der Waals surface area contributed by atoms with Crippen LogP contribution >= 0.6 is 0 Å². The van der Waals surface area contributed by atoms with E-state index in [0.717, 1.165) is 24.0 Å². The van der Waals surface area contributed by atoms with E-state index in [1.165, 1.54) is 12.1 Å². The molecule has 37 heavy (non-hydrogen) atoms. The Balaban J connectivity index is 1.28. The molecular weight excluding hydrogens is 474 g/mol. The highest BCUT2D eigenvalue weighted by Crippen LogP contribution is 2.29. The number of non-ortho nitro benzene ring substituents is 1. The van der Waals surface area contributed by atoms with Crippen molar-refractivity contribution in [2.24, 2.45) is 0 Å². The minimum absolute atomic E-state index is 0.0662. The fraction of sp³-hybridized carbons (Fsp3) is 0.308. The minimum Gasteiger partial charge on any atom is -0.438 e. The molecule has 190 valence electrons. The van der Waals surface area contributed by atoms with Crippen molar-refractivity contribution in [1.82, 2.24) is 14.9 Å². The summed E-state index contributed by atoms with van der Waals surface area (Å²) < 4.78 is 6.01. The SMILES string of the molecule is Cc1cc(C#N)cc(C)c1Oc1ccnc(NC2CCN(CC(=O)Nc3cccc([N+](=O)[O-])c3)CC2)n1. The molecule has 1 aliphatic rings. The number of nitro groups is 1. The zero-order valence-corrected chi connectivity index (χ0v) is 20.6. The Morgan fingerprint density at radius 1 is 1.22 bits per heavy atom. The molecule has 0 unspecified atom stereocenters. The third kappa shape index (κ3) is 6.77. The second-order valence-corrected chi connectivity index (χ2v) is 8.92. The molecule has 3 aromatic rings. The second-order valence-electron chi connectivity index (χ2n) is 8.92. The lowest BCUT2D eigenvalue weighted by Crippen LogP contribution is -2.42. The molecule has 2 N–H and O–H groups in total. The number of rotatable bonds is 8. The number of nitriles is 1. The Morgan fingerprint density at radius 3 is 2.62 bits per heavy atom. The van der Waals surface area contributed by atoms with Crippen LogP contribution in [-0.4, -0.2) is 51.4 Å². The van der Waals surface area contributed by atoms with Crippen molar-refractivity contribution in [3.05, 3.63) is 75.5 Å². The lowest BCUT2D eigenvalue weighted by molar-refractivity contribution is -0.384. The molecule has 0 spiro atoms. The smallest absolute Gasteiger partial charge is 0.271 e. The highest BCUT2D eigenvalue weighted by Gasteiger charge is 2.22. The third-order valence-electron chi connectivity index (χ3n) is 6.05. The van der Waals surface area contributed by atoms with E-state index in [0.29, 0.717) is 41.9 Å². The number of hydrogen-bond acceptors (Lipinski definition) is 9. The first-order chi connectivity index (χ1) is 17.8. The molecule has 1 aliphatic heterocycles.